The van der Waals surface area contributed by atoms with E-state index in [9.17, 15) is 5.11 Å². The van der Waals surface area contributed by atoms with Gasteiger partial charge in [-0.3, -0.25) is 0 Å². The molecule has 4 rings (SSSR count). The van der Waals surface area contributed by atoms with Gasteiger partial charge in [-0.05, 0) is 41.5 Å². The Bertz CT molecular complexity index is 1190. The van der Waals surface area contributed by atoms with Crippen LogP contribution in [0.2, 0.25) is 0 Å². The zero-order valence-corrected chi connectivity index (χ0v) is 16.2. The van der Waals surface area contributed by atoms with E-state index >= 15 is 0 Å². The third-order valence-corrected chi connectivity index (χ3v) is 4.51. The molecule has 0 atom stereocenters. The minimum atomic E-state index is -0.0349. The topological polar surface area (TPSA) is 72.8 Å². The first-order chi connectivity index (χ1) is 14.2. The van der Waals surface area contributed by atoms with Gasteiger partial charge < -0.3 is 15.4 Å². The average molecular weight is 398 g/mol. The number of nitrogens with one attached hydrogen (secondary N) is 2. The molecule has 6 heteroatoms. The summed E-state index contributed by atoms with van der Waals surface area (Å²) in [6.45, 7) is 0. The van der Waals surface area contributed by atoms with Crippen molar-refractivity contribution in [1.82, 2.24) is 4.98 Å². The molecule has 0 aliphatic heterocycles. The van der Waals surface area contributed by atoms with Crippen LogP contribution >= 0.6 is 12.2 Å². The van der Waals surface area contributed by atoms with Crippen LogP contribution in [0.15, 0.2) is 89.1 Å². The Morgan fingerprint density at radius 1 is 0.862 bits per heavy atom. The number of aromatic nitrogens is 1. The lowest BCUT2D eigenvalue weighted by Gasteiger charge is -2.03. The number of aromatic amines is 1. The second-order valence-electron chi connectivity index (χ2n) is 6.36. The van der Waals surface area contributed by atoms with Crippen molar-refractivity contribution in [3.05, 3.63) is 90.0 Å². The van der Waals surface area contributed by atoms with Gasteiger partial charge in [-0.2, -0.15) is 0 Å². The van der Waals surface area contributed by atoms with Crippen LogP contribution in [0.3, 0.4) is 0 Å². The molecule has 5 nitrogen and oxygen atoms in total. The van der Waals surface area contributed by atoms with E-state index in [-0.39, 0.29) is 11.0 Å². The summed E-state index contributed by atoms with van der Waals surface area (Å²) in [5, 5.41) is 22.2. The smallest absolute Gasteiger partial charge is 0.218 e. The largest absolute Gasteiger partial charge is 0.493 e. The van der Waals surface area contributed by atoms with Gasteiger partial charge in [0, 0.05) is 11.1 Å². The first-order valence-electron chi connectivity index (χ1n) is 9.05. The second kappa shape index (κ2) is 8.50. The molecule has 29 heavy (non-hydrogen) atoms. The number of rotatable bonds is 4. The van der Waals surface area contributed by atoms with Gasteiger partial charge in [0.2, 0.25) is 11.0 Å². The van der Waals surface area contributed by atoms with Gasteiger partial charge in [-0.1, -0.05) is 72.8 Å². The number of fused-ring (bicyclic) bond motifs is 1. The zero-order valence-electron chi connectivity index (χ0n) is 15.4. The Morgan fingerprint density at radius 2 is 1.52 bits per heavy atom. The minimum Gasteiger partial charge on any atom is -0.493 e. The molecule has 0 amide bonds. The maximum atomic E-state index is 10.0. The summed E-state index contributed by atoms with van der Waals surface area (Å²) in [6, 6.07) is 25.4. The van der Waals surface area contributed by atoms with Crippen molar-refractivity contribution in [2.24, 2.45) is 10.2 Å². The van der Waals surface area contributed by atoms with Crippen LogP contribution in [0.4, 0.5) is 11.4 Å². The lowest BCUT2D eigenvalue weighted by molar-refractivity contribution is 0.459. The number of hydrogen-bond donors (Lipinski definition) is 3. The van der Waals surface area contributed by atoms with E-state index in [4.69, 9.17) is 12.2 Å². The monoisotopic (exact) mass is 398 g/mol. The van der Waals surface area contributed by atoms with Crippen LogP contribution in [0.25, 0.3) is 23.1 Å². The Hall–Kier alpha value is -3.77. The summed E-state index contributed by atoms with van der Waals surface area (Å²) in [6.07, 6.45) is 4.12. The highest BCUT2D eigenvalue weighted by atomic mass is 32.1. The van der Waals surface area contributed by atoms with Crippen molar-refractivity contribution in [3.63, 3.8) is 0 Å². The molecule has 0 saturated carbocycles. The SMILES string of the molecule is Oc1[nH]c2ccccc2c1N=NC(=S)Nc1ccc(/C=C/c2ccccc2)cc1. The maximum absolute atomic E-state index is 10.0. The molecule has 0 unspecified atom stereocenters. The van der Waals surface area contributed by atoms with Gasteiger partial charge in [0.05, 0.1) is 5.52 Å². The number of para-hydroxylation sites is 1. The molecule has 1 heterocycles. The quantitative estimate of drug-likeness (QED) is 0.208. The summed E-state index contributed by atoms with van der Waals surface area (Å²) in [7, 11) is 0. The van der Waals surface area contributed by atoms with Gasteiger partial charge in [-0.15, -0.1) is 10.2 Å². The number of H-pyrrole nitrogens is 1. The molecule has 1 aromatic heterocycles. The first kappa shape index (κ1) is 18.6. The van der Waals surface area contributed by atoms with Crippen LogP contribution in [0.1, 0.15) is 11.1 Å². The third-order valence-electron chi connectivity index (χ3n) is 4.33. The van der Waals surface area contributed by atoms with Crippen LogP contribution in [0, 0.1) is 0 Å². The molecule has 0 radical (unpaired) electrons. The zero-order chi connectivity index (χ0) is 20.1. The number of hydrogen-bond acceptors (Lipinski definition) is 3. The summed E-state index contributed by atoms with van der Waals surface area (Å²) < 4.78 is 0. The normalized spacial score (nSPS) is 11.4. The molecule has 0 aliphatic carbocycles. The fourth-order valence-corrected chi connectivity index (χ4v) is 3.05. The number of anilines is 1. The van der Waals surface area contributed by atoms with Crippen molar-refractivity contribution in [2.75, 3.05) is 5.32 Å². The van der Waals surface area contributed by atoms with E-state index < -0.39 is 0 Å². The van der Waals surface area contributed by atoms with E-state index in [2.05, 4.69) is 44.8 Å². The van der Waals surface area contributed by atoms with Crippen LogP contribution in [0.5, 0.6) is 5.88 Å². The molecule has 0 aliphatic rings. The highest BCUT2D eigenvalue weighted by Crippen LogP contribution is 2.35. The van der Waals surface area contributed by atoms with E-state index in [1.54, 1.807) is 0 Å². The highest BCUT2D eigenvalue weighted by molar-refractivity contribution is 7.80. The predicted molar refractivity (Wildman–Crippen MR) is 123 cm³/mol. The minimum absolute atomic E-state index is 0.0349. The van der Waals surface area contributed by atoms with E-state index in [0.717, 1.165) is 27.7 Å². The molecule has 0 fully saturated rings. The van der Waals surface area contributed by atoms with Gasteiger partial charge in [-0.25, -0.2) is 0 Å². The van der Waals surface area contributed by atoms with Crippen LogP contribution in [-0.4, -0.2) is 15.2 Å². The second-order valence-corrected chi connectivity index (χ2v) is 6.75. The predicted octanol–water partition coefficient (Wildman–Crippen LogP) is 6.52. The maximum Gasteiger partial charge on any atom is 0.218 e. The lowest BCUT2D eigenvalue weighted by Crippen LogP contribution is -2.04. The van der Waals surface area contributed by atoms with Gasteiger partial charge >= 0.3 is 0 Å². The van der Waals surface area contributed by atoms with Crippen molar-refractivity contribution in [1.29, 1.82) is 0 Å². The highest BCUT2D eigenvalue weighted by Gasteiger charge is 2.09. The average Bonchev–Trinajstić information content (AvgIpc) is 3.07. The van der Waals surface area contributed by atoms with E-state index in [1.807, 2.05) is 66.7 Å². The summed E-state index contributed by atoms with van der Waals surface area (Å²) >= 11 is 5.25. The van der Waals surface area contributed by atoms with Crippen molar-refractivity contribution >= 4 is 51.8 Å². The summed E-state index contributed by atoms with van der Waals surface area (Å²) in [4.78, 5) is 2.86. The third kappa shape index (κ3) is 4.56. The molecule has 0 spiro atoms. The first-order valence-corrected chi connectivity index (χ1v) is 9.45. The van der Waals surface area contributed by atoms with Gasteiger partial charge in [0.15, 0.2) is 5.69 Å². The number of nitrogens with zero attached hydrogens (tertiary/aromatic N) is 2. The Balaban J connectivity index is 1.41. The Morgan fingerprint density at radius 3 is 2.28 bits per heavy atom. The molecule has 3 N–H and O–H groups in total. The lowest BCUT2D eigenvalue weighted by atomic mass is 10.1. The molecule has 0 bridgehead atoms. The fourth-order valence-electron chi connectivity index (χ4n) is 2.89. The van der Waals surface area contributed by atoms with Gasteiger partial charge in [0.25, 0.3) is 0 Å². The van der Waals surface area contributed by atoms with E-state index in [1.165, 1.54) is 0 Å². The summed E-state index contributed by atoms with van der Waals surface area (Å²) in [5.41, 5.74) is 4.20. The van der Waals surface area contributed by atoms with Gasteiger partial charge in [0.1, 0.15) is 0 Å². The van der Waals surface area contributed by atoms with Crippen LogP contribution < -0.4 is 5.32 Å². The van der Waals surface area contributed by atoms with Crippen molar-refractivity contribution < 1.29 is 5.11 Å². The Kier molecular flexibility index (Phi) is 5.45. The summed E-state index contributed by atoms with van der Waals surface area (Å²) in [5.74, 6) is -0.0349. The number of azo groups is 1. The van der Waals surface area contributed by atoms with Crippen molar-refractivity contribution in [3.8, 4) is 5.88 Å². The standard InChI is InChI=1S/C23H18N4OS/c28-22-21(19-8-4-5-9-20(19)25-22)26-27-23(29)24-18-14-12-17(13-15-18)11-10-16-6-2-1-3-7-16/h1-15,25,28H,(H,24,29)/b11-10+,27-26?. The fraction of sp³-hybridized carbons (Fsp3) is 0. The molecule has 3 aromatic carbocycles. The molecule has 0 saturated heterocycles. The Labute approximate surface area is 173 Å². The van der Waals surface area contributed by atoms with Crippen molar-refractivity contribution in [2.45, 2.75) is 0 Å². The molecule has 142 valence electrons. The number of aromatic hydroxyl groups is 1. The molecular formula is C23H18N4OS. The van der Waals surface area contributed by atoms with Crippen LogP contribution in [-0.2, 0) is 0 Å². The number of thiocarbonyl (C=S) groups is 1. The van der Waals surface area contributed by atoms with E-state index in [0.29, 0.717) is 5.69 Å². The molecule has 4 aromatic rings. The molecular weight excluding hydrogens is 380 g/mol. The number of benzene rings is 3.